The second-order valence-electron chi connectivity index (χ2n) is 7.49. The first-order valence-corrected chi connectivity index (χ1v) is 9.81. The summed E-state index contributed by atoms with van der Waals surface area (Å²) in [5.74, 6) is 0.928. The molecular formula is C21H25N5O2. The summed E-state index contributed by atoms with van der Waals surface area (Å²) in [7, 11) is 0. The number of nitrogens with one attached hydrogen (secondary N) is 2. The molecule has 0 bridgehead atoms. The second-order valence-corrected chi connectivity index (χ2v) is 7.49. The minimum Gasteiger partial charge on any atom is -0.381 e. The number of aromatic amines is 1. The third-order valence-electron chi connectivity index (χ3n) is 5.01. The molecule has 1 aliphatic heterocycles. The molecule has 0 aliphatic carbocycles. The molecule has 146 valence electrons. The monoisotopic (exact) mass is 379 g/mol. The van der Waals surface area contributed by atoms with E-state index in [1.54, 1.807) is 18.5 Å². The lowest BCUT2D eigenvalue weighted by molar-refractivity contribution is 0.0893. The van der Waals surface area contributed by atoms with Crippen LogP contribution in [-0.4, -0.2) is 45.2 Å². The van der Waals surface area contributed by atoms with Crippen LogP contribution in [0.25, 0.3) is 22.3 Å². The zero-order valence-corrected chi connectivity index (χ0v) is 16.2. The van der Waals surface area contributed by atoms with Crippen molar-refractivity contribution in [3.8, 4) is 11.4 Å². The number of H-pyrrole nitrogens is 1. The van der Waals surface area contributed by atoms with Gasteiger partial charge in [-0.05, 0) is 51.3 Å². The van der Waals surface area contributed by atoms with E-state index in [4.69, 9.17) is 4.74 Å². The van der Waals surface area contributed by atoms with Crippen molar-refractivity contribution in [2.45, 2.75) is 39.2 Å². The number of rotatable bonds is 5. The molecule has 0 saturated carbocycles. The lowest BCUT2D eigenvalue weighted by Crippen LogP contribution is -2.15. The molecule has 4 rings (SSSR count). The number of carbonyl (C=O) groups excluding carboxylic acids is 1. The van der Waals surface area contributed by atoms with Crippen molar-refractivity contribution in [3.63, 3.8) is 0 Å². The van der Waals surface area contributed by atoms with Crippen LogP contribution in [0.5, 0.6) is 0 Å². The van der Waals surface area contributed by atoms with Crippen LogP contribution in [0.3, 0.4) is 0 Å². The van der Waals surface area contributed by atoms with Crippen LogP contribution in [-0.2, 0) is 4.74 Å². The Labute approximate surface area is 163 Å². The van der Waals surface area contributed by atoms with E-state index in [0.29, 0.717) is 23.6 Å². The third kappa shape index (κ3) is 3.75. The predicted molar refractivity (Wildman–Crippen MR) is 108 cm³/mol. The number of pyridine rings is 2. The van der Waals surface area contributed by atoms with Crippen molar-refractivity contribution in [1.29, 1.82) is 0 Å². The predicted octanol–water partition coefficient (Wildman–Crippen LogP) is 3.84. The Bertz CT molecular complexity index is 974. The van der Waals surface area contributed by atoms with Gasteiger partial charge in [-0.2, -0.15) is 5.10 Å². The Morgan fingerprint density at radius 1 is 1.21 bits per heavy atom. The maximum absolute atomic E-state index is 13.0. The van der Waals surface area contributed by atoms with Gasteiger partial charge in [0.05, 0.1) is 16.6 Å². The van der Waals surface area contributed by atoms with E-state index in [-0.39, 0.29) is 17.7 Å². The molecule has 1 atom stereocenters. The number of fused-ring (bicyclic) bond motifs is 1. The highest BCUT2D eigenvalue weighted by molar-refractivity contribution is 6.02. The number of hydrogen-bond donors (Lipinski definition) is 2. The lowest BCUT2D eigenvalue weighted by Gasteiger charge is -2.13. The standard InChI is InChI=1S/C21H25N5O2/c1-13(2)24-21-18-16(6-9-23-21)25-26-19(18)17-12-15(5-8-22-17)20(27)14-4-3-10-28-11-7-14/h5-6,8-9,12-14H,3-4,7,10-11H2,1-2H3,(H,23,24)(H,25,26). The molecule has 1 fully saturated rings. The van der Waals surface area contributed by atoms with E-state index >= 15 is 0 Å². The Morgan fingerprint density at radius 2 is 2.07 bits per heavy atom. The van der Waals surface area contributed by atoms with E-state index in [2.05, 4.69) is 39.3 Å². The van der Waals surface area contributed by atoms with Gasteiger partial charge in [-0.1, -0.05) is 0 Å². The van der Waals surface area contributed by atoms with Gasteiger partial charge in [-0.25, -0.2) is 4.98 Å². The van der Waals surface area contributed by atoms with E-state index in [0.717, 1.165) is 42.6 Å². The lowest BCUT2D eigenvalue weighted by atomic mass is 9.91. The minimum absolute atomic E-state index is 0.00788. The molecule has 1 aliphatic rings. The molecule has 1 unspecified atom stereocenters. The van der Waals surface area contributed by atoms with Gasteiger partial charge in [-0.3, -0.25) is 14.9 Å². The fourth-order valence-electron chi connectivity index (χ4n) is 3.65. The number of ketones is 1. The average Bonchev–Trinajstić information content (AvgIpc) is 2.95. The fraction of sp³-hybridized carbons (Fsp3) is 0.429. The molecular weight excluding hydrogens is 354 g/mol. The minimum atomic E-state index is 0.00788. The van der Waals surface area contributed by atoms with Crippen LogP contribution < -0.4 is 5.32 Å². The summed E-state index contributed by atoms with van der Waals surface area (Å²) < 4.78 is 5.49. The average molecular weight is 379 g/mol. The van der Waals surface area contributed by atoms with Crippen LogP contribution in [0.1, 0.15) is 43.5 Å². The van der Waals surface area contributed by atoms with Crippen molar-refractivity contribution >= 4 is 22.5 Å². The largest absolute Gasteiger partial charge is 0.381 e. The van der Waals surface area contributed by atoms with Gasteiger partial charge in [0.15, 0.2) is 5.78 Å². The Hall–Kier alpha value is -2.80. The van der Waals surface area contributed by atoms with Crippen LogP contribution in [0.2, 0.25) is 0 Å². The Morgan fingerprint density at radius 3 is 2.93 bits per heavy atom. The quantitative estimate of drug-likeness (QED) is 0.654. The highest BCUT2D eigenvalue weighted by Crippen LogP contribution is 2.31. The Kier molecular flexibility index (Phi) is 5.34. The number of carbonyl (C=O) groups is 1. The maximum atomic E-state index is 13.0. The summed E-state index contributed by atoms with van der Waals surface area (Å²) in [5.41, 5.74) is 2.93. The highest BCUT2D eigenvalue weighted by Gasteiger charge is 2.23. The van der Waals surface area contributed by atoms with Crippen molar-refractivity contribution in [2.24, 2.45) is 5.92 Å². The van der Waals surface area contributed by atoms with Gasteiger partial charge < -0.3 is 10.1 Å². The molecule has 28 heavy (non-hydrogen) atoms. The number of nitrogens with zero attached hydrogens (tertiary/aromatic N) is 3. The van der Waals surface area contributed by atoms with Gasteiger partial charge in [0.25, 0.3) is 0 Å². The van der Waals surface area contributed by atoms with Crippen molar-refractivity contribution in [2.75, 3.05) is 18.5 Å². The van der Waals surface area contributed by atoms with Crippen molar-refractivity contribution in [1.82, 2.24) is 20.2 Å². The second kappa shape index (κ2) is 8.06. The number of Topliss-reactive ketones (excluding diaryl/α,β-unsaturated/α-hetero) is 1. The zero-order chi connectivity index (χ0) is 19.5. The van der Waals surface area contributed by atoms with Gasteiger partial charge >= 0.3 is 0 Å². The topological polar surface area (TPSA) is 92.8 Å². The van der Waals surface area contributed by atoms with Crippen LogP contribution >= 0.6 is 0 Å². The van der Waals surface area contributed by atoms with Crippen LogP contribution in [0.4, 0.5) is 5.82 Å². The summed E-state index contributed by atoms with van der Waals surface area (Å²) in [6.07, 6.45) is 6.00. The summed E-state index contributed by atoms with van der Waals surface area (Å²) in [5, 5.41) is 11.8. The number of aromatic nitrogens is 4. The molecule has 1 saturated heterocycles. The first-order chi connectivity index (χ1) is 13.6. The first-order valence-electron chi connectivity index (χ1n) is 9.81. The SMILES string of the molecule is CC(C)Nc1nccc2[nH]nc(-c3cc(C(=O)C4CCCOCC4)ccn3)c12. The van der Waals surface area contributed by atoms with Crippen molar-refractivity contribution in [3.05, 3.63) is 36.2 Å². The molecule has 3 aromatic heterocycles. The van der Waals surface area contributed by atoms with Crippen LogP contribution in [0, 0.1) is 5.92 Å². The molecule has 0 amide bonds. The number of hydrogen-bond acceptors (Lipinski definition) is 6. The molecule has 7 heteroatoms. The summed E-state index contributed by atoms with van der Waals surface area (Å²) in [6, 6.07) is 5.75. The van der Waals surface area contributed by atoms with E-state index in [1.165, 1.54) is 0 Å². The van der Waals surface area contributed by atoms with Gasteiger partial charge in [0.2, 0.25) is 0 Å². The highest BCUT2D eigenvalue weighted by atomic mass is 16.5. The molecule has 0 radical (unpaired) electrons. The molecule has 0 aromatic carbocycles. The van der Waals surface area contributed by atoms with Gasteiger partial charge in [0, 0.05) is 43.1 Å². The summed E-state index contributed by atoms with van der Waals surface area (Å²) in [6.45, 7) is 5.51. The fourth-order valence-corrected chi connectivity index (χ4v) is 3.65. The number of ether oxygens (including phenoxy) is 1. The molecule has 7 nitrogen and oxygen atoms in total. The number of anilines is 1. The smallest absolute Gasteiger partial charge is 0.166 e. The van der Waals surface area contributed by atoms with Crippen molar-refractivity contribution < 1.29 is 9.53 Å². The van der Waals surface area contributed by atoms with Gasteiger partial charge in [0.1, 0.15) is 11.5 Å². The molecule has 0 spiro atoms. The zero-order valence-electron chi connectivity index (χ0n) is 16.2. The summed E-state index contributed by atoms with van der Waals surface area (Å²) >= 11 is 0. The van der Waals surface area contributed by atoms with Gasteiger partial charge in [-0.15, -0.1) is 0 Å². The molecule has 2 N–H and O–H groups in total. The molecule has 4 heterocycles. The normalized spacial score (nSPS) is 17.6. The van der Waals surface area contributed by atoms with E-state index in [1.807, 2.05) is 12.1 Å². The van der Waals surface area contributed by atoms with E-state index in [9.17, 15) is 4.79 Å². The Balaban J connectivity index is 1.71. The first kappa shape index (κ1) is 18.6. The van der Waals surface area contributed by atoms with Crippen LogP contribution in [0.15, 0.2) is 30.6 Å². The maximum Gasteiger partial charge on any atom is 0.166 e. The summed E-state index contributed by atoms with van der Waals surface area (Å²) in [4.78, 5) is 22.0. The molecule has 3 aromatic rings. The van der Waals surface area contributed by atoms with E-state index < -0.39 is 0 Å². The third-order valence-corrected chi connectivity index (χ3v) is 5.01.